The van der Waals surface area contributed by atoms with E-state index in [2.05, 4.69) is 0 Å². The number of hydrogen-bond acceptors (Lipinski definition) is 3. The molecule has 3 aromatic carbocycles. The molecule has 0 spiro atoms. The van der Waals surface area contributed by atoms with Crippen LogP contribution in [0.5, 0.6) is 0 Å². The molecule has 5 nitrogen and oxygen atoms in total. The van der Waals surface area contributed by atoms with E-state index in [9.17, 15) is 35.9 Å². The quantitative estimate of drug-likeness (QED) is 0.186. The average Bonchev–Trinajstić information content (AvgIpc) is 2.90. The summed E-state index contributed by atoms with van der Waals surface area (Å²) in [4.78, 5) is 21.6. The number of primary amides is 1. The zero-order valence-corrected chi connectivity index (χ0v) is 30.2. The van der Waals surface area contributed by atoms with Crippen LogP contribution in [0, 0.1) is 97.2 Å². The molecule has 3 rings (SSSR count). The van der Waals surface area contributed by atoms with Crippen molar-refractivity contribution in [3.05, 3.63) is 102 Å². The molecule has 0 aliphatic heterocycles. The summed E-state index contributed by atoms with van der Waals surface area (Å²) >= 11 is 0. The average molecular weight is 713 g/mol. The number of carboxylic acids is 1. The molecule has 0 unspecified atom stereocenters. The summed E-state index contributed by atoms with van der Waals surface area (Å²) in [6.07, 6.45) is 0. The number of carbonyl (C=O) groups excluding carboxylic acids is 1. The molecule has 3 aromatic rings. The van der Waals surface area contributed by atoms with E-state index >= 15 is 0 Å². The molecule has 0 aliphatic carbocycles. The van der Waals surface area contributed by atoms with Gasteiger partial charge in [-0.2, -0.15) is 0 Å². The van der Waals surface area contributed by atoms with Crippen LogP contribution in [0.25, 0.3) is 0 Å². The van der Waals surface area contributed by atoms with Gasteiger partial charge in [0.1, 0.15) is 52.3 Å². The van der Waals surface area contributed by atoms with Gasteiger partial charge >= 0.3 is 5.97 Å². The molecule has 0 heterocycles. The largest absolute Gasteiger partial charge is 0.478 e. The first-order valence-corrected chi connectivity index (χ1v) is 13.1. The van der Waals surface area contributed by atoms with Gasteiger partial charge in [0.25, 0.3) is 5.91 Å². The second kappa shape index (κ2) is 22.2. The number of benzene rings is 3. The van der Waals surface area contributed by atoms with Crippen molar-refractivity contribution in [2.75, 3.05) is 0 Å². The van der Waals surface area contributed by atoms with Crippen LogP contribution in [0.3, 0.4) is 0 Å². The minimum absolute atomic E-state index is 0. The van der Waals surface area contributed by atoms with E-state index in [1.807, 2.05) is 0 Å². The minimum atomic E-state index is -1.37. The summed E-state index contributed by atoms with van der Waals surface area (Å²) in [5.74, 6) is -6.38. The van der Waals surface area contributed by atoms with Gasteiger partial charge in [0.15, 0.2) is 0 Å². The van der Waals surface area contributed by atoms with Gasteiger partial charge in [0.2, 0.25) is 0 Å². The minimum Gasteiger partial charge on any atom is -0.478 e. The summed E-state index contributed by atoms with van der Waals surface area (Å²) in [5.41, 5.74) is 11.4. The Morgan fingerprint density at radius 1 is 0.510 bits per heavy atom. The number of amides is 1. The number of nitrogens with two attached hydrogens (primary N) is 2. The SMILES string of the molecule is C.C.C.C.Cc1c(C)c(C(=O)O)c(F)c(C)c1F.Cc1c(C)c(C(C)(C)N)c(F)c(C)c1F.Cc1c(C)c(C(N)=O)c(F)c(C)c1F.[AlH2].[Li]. The molecule has 0 bridgehead atoms. The van der Waals surface area contributed by atoms with Crippen molar-refractivity contribution < 1.29 is 41.0 Å². The van der Waals surface area contributed by atoms with Crippen molar-refractivity contribution in [1.82, 2.24) is 0 Å². The van der Waals surface area contributed by atoms with Gasteiger partial charge in [-0.1, -0.05) is 29.7 Å². The summed E-state index contributed by atoms with van der Waals surface area (Å²) < 4.78 is 80.7. The Hall–Kier alpha value is -2.73. The number of carboxylic acid groups (broad SMARTS) is 1. The molecule has 1 amide bonds. The van der Waals surface area contributed by atoms with Crippen molar-refractivity contribution in [3.8, 4) is 0 Å². The summed E-state index contributed by atoms with van der Waals surface area (Å²) in [6.45, 7) is 16.5. The topological polar surface area (TPSA) is 106 Å². The molecule has 2 radical (unpaired) electrons. The van der Waals surface area contributed by atoms with Gasteiger partial charge in [-0.3, -0.25) is 4.79 Å². The monoisotopic (exact) mass is 712 g/mol. The van der Waals surface area contributed by atoms with Crippen LogP contribution in [0.4, 0.5) is 26.3 Å². The Bertz CT molecular complexity index is 1460. The Morgan fingerprint density at radius 2 is 0.776 bits per heavy atom. The first-order valence-electron chi connectivity index (χ1n) is 13.1. The number of aromatic carboxylic acids is 1. The van der Waals surface area contributed by atoms with E-state index in [1.54, 1.807) is 27.7 Å². The number of rotatable bonds is 3. The Balaban J connectivity index is -0.000000133. The van der Waals surface area contributed by atoms with Crippen molar-refractivity contribution in [1.29, 1.82) is 0 Å². The van der Waals surface area contributed by atoms with Gasteiger partial charge in [0.05, 0.1) is 11.1 Å². The Labute approximate surface area is 312 Å². The first-order chi connectivity index (χ1) is 19.4. The Kier molecular flexibility index (Phi) is 26.4. The predicted octanol–water partition coefficient (Wildman–Crippen LogP) is 8.91. The van der Waals surface area contributed by atoms with Gasteiger partial charge in [0, 0.05) is 46.7 Å². The van der Waals surface area contributed by atoms with Crippen LogP contribution in [0.2, 0.25) is 0 Å². The van der Waals surface area contributed by atoms with Crippen LogP contribution < -0.4 is 11.5 Å². The van der Waals surface area contributed by atoms with Gasteiger partial charge < -0.3 is 16.6 Å². The third kappa shape index (κ3) is 12.2. The maximum absolute atomic E-state index is 13.9. The molecular formula is C36H56AlF6LiN2O3. The molecule has 13 heteroatoms. The molecular weight excluding hydrogens is 656 g/mol. The van der Waals surface area contributed by atoms with E-state index in [0.29, 0.717) is 16.7 Å². The van der Waals surface area contributed by atoms with Crippen LogP contribution >= 0.6 is 0 Å². The van der Waals surface area contributed by atoms with E-state index in [4.69, 9.17) is 16.6 Å². The van der Waals surface area contributed by atoms with E-state index in [0.717, 1.165) is 0 Å². The van der Waals surface area contributed by atoms with Crippen LogP contribution in [0.1, 0.15) is 120 Å². The molecule has 0 atom stereocenters. The van der Waals surface area contributed by atoms with E-state index in [-0.39, 0.29) is 110 Å². The molecule has 0 aromatic heterocycles. The van der Waals surface area contributed by atoms with Crippen molar-refractivity contribution in [3.63, 3.8) is 0 Å². The zero-order valence-electron chi connectivity index (χ0n) is 28.2. The number of halogens is 6. The number of hydrogen-bond donors (Lipinski definition) is 3. The molecule has 49 heavy (non-hydrogen) atoms. The Morgan fingerprint density at radius 3 is 1.06 bits per heavy atom. The van der Waals surface area contributed by atoms with Crippen molar-refractivity contribution >= 4 is 48.1 Å². The third-order valence-corrected chi connectivity index (χ3v) is 7.54. The van der Waals surface area contributed by atoms with Gasteiger partial charge in [-0.25, -0.2) is 31.1 Å². The fraction of sp³-hybridized carbons (Fsp3) is 0.444. The zero-order chi connectivity index (χ0) is 34.0. The maximum atomic E-state index is 13.9. The summed E-state index contributed by atoms with van der Waals surface area (Å²) in [6, 6.07) is 0. The second-order valence-corrected chi connectivity index (χ2v) is 11.0. The fourth-order valence-electron chi connectivity index (χ4n) is 4.56. The van der Waals surface area contributed by atoms with Gasteiger partial charge in [-0.05, 0) is 110 Å². The molecule has 0 aliphatic rings. The fourth-order valence-corrected chi connectivity index (χ4v) is 4.56. The maximum Gasteiger partial charge on any atom is 0.338 e. The molecule has 274 valence electrons. The summed E-state index contributed by atoms with van der Waals surface area (Å²) in [7, 11) is 0. The number of carbonyl (C=O) groups is 2. The van der Waals surface area contributed by atoms with Crippen LogP contribution in [-0.2, 0) is 5.54 Å². The second-order valence-electron chi connectivity index (χ2n) is 11.0. The standard InChI is InChI=1S/C12H17F2N.C10H11F2NO.C10H10F2O2.4CH4.Al.Li.2H/c1-6-7(2)10(13)8(3)11(14)9(6)12(4,5)15;2*1-4-5(2)8(11)6(3)9(12)7(4)10(13)14;;;;;;;;/h15H2,1-5H3;1-3H3,(H2,13,14);1-3H3,(H,13,14);4*1H4;;;;. The normalized spacial score (nSPS) is 9.59. The molecule has 0 saturated carbocycles. The van der Waals surface area contributed by atoms with Gasteiger partial charge in [-0.15, -0.1) is 0 Å². The molecule has 0 fully saturated rings. The molecule has 0 saturated heterocycles. The third-order valence-electron chi connectivity index (χ3n) is 7.54. The van der Waals surface area contributed by atoms with E-state index in [1.165, 1.54) is 48.5 Å². The predicted molar refractivity (Wildman–Crippen MR) is 196 cm³/mol. The smallest absolute Gasteiger partial charge is 0.338 e. The van der Waals surface area contributed by atoms with Crippen LogP contribution in [-0.4, -0.2) is 53.2 Å². The van der Waals surface area contributed by atoms with Crippen molar-refractivity contribution in [2.45, 2.75) is 111 Å². The molecule has 5 N–H and O–H groups in total. The first kappa shape index (κ1) is 58.5. The van der Waals surface area contributed by atoms with Crippen LogP contribution in [0.15, 0.2) is 0 Å². The van der Waals surface area contributed by atoms with E-state index < -0.39 is 57.9 Å². The van der Waals surface area contributed by atoms with Crippen molar-refractivity contribution in [2.24, 2.45) is 11.5 Å². The summed E-state index contributed by atoms with van der Waals surface area (Å²) in [5, 5.41) is 8.72.